The van der Waals surface area contributed by atoms with Gasteiger partial charge in [0.15, 0.2) is 27.3 Å². The quantitative estimate of drug-likeness (QED) is 0.506. The van der Waals surface area contributed by atoms with Gasteiger partial charge in [-0.15, -0.1) is 0 Å². The molecule has 0 spiro atoms. The minimum absolute atomic E-state index is 0.0695. The van der Waals surface area contributed by atoms with E-state index in [1.165, 1.54) is 12.1 Å². The second-order valence-corrected chi connectivity index (χ2v) is 12.4. The van der Waals surface area contributed by atoms with Gasteiger partial charge in [-0.25, -0.2) is 39.5 Å². The van der Waals surface area contributed by atoms with Crippen molar-refractivity contribution in [2.45, 2.75) is 41.9 Å². The summed E-state index contributed by atoms with van der Waals surface area (Å²) in [6.07, 6.45) is -0.651. The standard InChI is InChI=1S/C21H20ClF3N2O7S2/c1-35(30,31)27-21(29)34-13-3-5-14(6-4-13)36(32,33)18-8-11(2-7-15(18)22)20(28)26-12-9-16(23)19(25)17(24)10-12/h2,7-10,13-14H,3-6H2,1H3,(H,26,28)(H,27,29)/t13-,14-. The summed E-state index contributed by atoms with van der Waals surface area (Å²) in [5, 5.41) is 1.08. The average Bonchev–Trinajstić information content (AvgIpc) is 2.76. The van der Waals surface area contributed by atoms with E-state index in [4.69, 9.17) is 16.3 Å². The van der Waals surface area contributed by atoms with E-state index < -0.39 is 60.7 Å². The Bertz CT molecular complexity index is 1390. The SMILES string of the molecule is CS(=O)(=O)NC(=O)O[C@H]1CC[C@H](S(=O)(=O)c2cc(C(=O)Nc3cc(F)c(F)c(F)c3)ccc2Cl)CC1. The van der Waals surface area contributed by atoms with Gasteiger partial charge in [-0.05, 0) is 43.9 Å². The third-order valence-corrected chi connectivity index (χ3v) is 8.62. The van der Waals surface area contributed by atoms with Crippen LogP contribution >= 0.6 is 11.6 Å². The molecule has 196 valence electrons. The third kappa shape index (κ3) is 6.68. The lowest BCUT2D eigenvalue weighted by Gasteiger charge is -2.28. The van der Waals surface area contributed by atoms with Crippen molar-refractivity contribution in [3.8, 4) is 0 Å². The van der Waals surface area contributed by atoms with Crippen LogP contribution in [0.25, 0.3) is 0 Å². The van der Waals surface area contributed by atoms with Crippen molar-refractivity contribution >= 4 is 49.1 Å². The summed E-state index contributed by atoms with van der Waals surface area (Å²) in [5.74, 6) is -5.65. The molecule has 1 fully saturated rings. The maximum Gasteiger partial charge on any atom is 0.421 e. The first-order valence-corrected chi connectivity index (χ1v) is 14.2. The molecule has 0 saturated heterocycles. The molecule has 0 aromatic heterocycles. The van der Waals surface area contributed by atoms with Crippen molar-refractivity contribution in [2.24, 2.45) is 0 Å². The summed E-state index contributed by atoms with van der Waals surface area (Å²) in [4.78, 5) is 23.8. The molecule has 0 bridgehead atoms. The van der Waals surface area contributed by atoms with E-state index in [9.17, 15) is 39.6 Å². The first-order valence-electron chi connectivity index (χ1n) is 10.3. The lowest BCUT2D eigenvalue weighted by atomic mass is 9.97. The number of hydrogen-bond acceptors (Lipinski definition) is 7. The number of sulfone groups is 1. The molecule has 2 aromatic carbocycles. The van der Waals surface area contributed by atoms with Gasteiger partial charge in [0.05, 0.1) is 21.4 Å². The highest BCUT2D eigenvalue weighted by Gasteiger charge is 2.35. The Morgan fingerprint density at radius 1 is 0.972 bits per heavy atom. The van der Waals surface area contributed by atoms with Crippen LogP contribution in [0.15, 0.2) is 35.2 Å². The summed E-state index contributed by atoms with van der Waals surface area (Å²) >= 11 is 6.10. The number of carbonyl (C=O) groups is 2. The van der Waals surface area contributed by atoms with Crippen molar-refractivity contribution in [1.82, 2.24) is 4.72 Å². The second kappa shape index (κ2) is 10.6. The van der Waals surface area contributed by atoms with Crippen LogP contribution in [0.1, 0.15) is 36.0 Å². The number of ether oxygens (including phenoxy) is 1. The Balaban J connectivity index is 1.73. The van der Waals surface area contributed by atoms with E-state index in [0.717, 1.165) is 12.3 Å². The zero-order chi connectivity index (χ0) is 26.8. The maximum atomic E-state index is 13.4. The zero-order valence-electron chi connectivity index (χ0n) is 18.6. The molecule has 3 rings (SSSR count). The maximum absolute atomic E-state index is 13.4. The Hall–Kier alpha value is -2.84. The first-order chi connectivity index (χ1) is 16.7. The molecule has 1 aliphatic rings. The van der Waals surface area contributed by atoms with Gasteiger partial charge in [0.25, 0.3) is 5.91 Å². The molecular weight excluding hydrogens is 549 g/mol. The van der Waals surface area contributed by atoms with Crippen LogP contribution in [-0.2, 0) is 24.6 Å². The average molecular weight is 569 g/mol. The molecule has 2 N–H and O–H groups in total. The molecule has 0 atom stereocenters. The van der Waals surface area contributed by atoms with E-state index in [-0.39, 0.29) is 46.9 Å². The van der Waals surface area contributed by atoms with E-state index >= 15 is 0 Å². The van der Waals surface area contributed by atoms with E-state index in [0.29, 0.717) is 12.1 Å². The summed E-state index contributed by atoms with van der Waals surface area (Å²) < 4.78 is 95.3. The lowest BCUT2D eigenvalue weighted by molar-refractivity contribution is 0.0804. The Morgan fingerprint density at radius 3 is 2.11 bits per heavy atom. The number of carbonyl (C=O) groups excluding carboxylic acids is 2. The molecule has 0 aliphatic heterocycles. The van der Waals surface area contributed by atoms with Crippen molar-refractivity contribution in [3.05, 3.63) is 58.4 Å². The topological polar surface area (TPSA) is 136 Å². The van der Waals surface area contributed by atoms with E-state index in [2.05, 4.69) is 5.32 Å². The summed E-state index contributed by atoms with van der Waals surface area (Å²) in [6.45, 7) is 0. The number of rotatable bonds is 6. The smallest absolute Gasteiger partial charge is 0.421 e. The molecule has 0 heterocycles. The summed E-state index contributed by atoms with van der Waals surface area (Å²) in [5.41, 5.74) is -0.563. The normalized spacial score (nSPS) is 18.4. The van der Waals surface area contributed by atoms with Crippen LogP contribution < -0.4 is 10.0 Å². The second-order valence-electron chi connectivity index (χ2n) is 8.08. The van der Waals surface area contributed by atoms with Gasteiger partial charge < -0.3 is 10.1 Å². The Kier molecular flexibility index (Phi) is 8.20. The third-order valence-electron chi connectivity index (χ3n) is 5.34. The predicted molar refractivity (Wildman–Crippen MR) is 123 cm³/mol. The fourth-order valence-electron chi connectivity index (χ4n) is 3.66. The Labute approximate surface area is 209 Å². The highest BCUT2D eigenvalue weighted by molar-refractivity contribution is 7.92. The minimum atomic E-state index is -4.05. The summed E-state index contributed by atoms with van der Waals surface area (Å²) in [7, 11) is -7.86. The number of halogens is 4. The van der Waals surface area contributed by atoms with Gasteiger partial charge in [-0.3, -0.25) is 4.79 Å². The molecule has 36 heavy (non-hydrogen) atoms. The highest BCUT2D eigenvalue weighted by Crippen LogP contribution is 2.34. The molecule has 2 amide bonds. The minimum Gasteiger partial charge on any atom is -0.446 e. The van der Waals surface area contributed by atoms with Crippen molar-refractivity contribution in [2.75, 3.05) is 11.6 Å². The predicted octanol–water partition coefficient (Wildman–Crippen LogP) is 3.78. The number of benzene rings is 2. The summed E-state index contributed by atoms with van der Waals surface area (Å²) in [6, 6.07) is 4.55. The Morgan fingerprint density at radius 2 is 1.56 bits per heavy atom. The zero-order valence-corrected chi connectivity index (χ0v) is 20.9. The first kappa shape index (κ1) is 27.7. The molecular formula is C21H20ClF3N2O7S2. The fraction of sp³-hybridized carbons (Fsp3) is 0.333. The van der Waals surface area contributed by atoms with Crippen molar-refractivity contribution < 1.29 is 44.3 Å². The van der Waals surface area contributed by atoms with Crippen LogP contribution in [0.5, 0.6) is 0 Å². The van der Waals surface area contributed by atoms with Crippen LogP contribution in [0.3, 0.4) is 0 Å². The molecule has 1 aliphatic carbocycles. The van der Waals surface area contributed by atoms with Gasteiger partial charge in [0.2, 0.25) is 10.0 Å². The lowest BCUT2D eigenvalue weighted by Crippen LogP contribution is -2.36. The van der Waals surface area contributed by atoms with E-state index in [1.54, 1.807) is 4.72 Å². The number of hydrogen-bond donors (Lipinski definition) is 2. The van der Waals surface area contributed by atoms with E-state index in [1.807, 2.05) is 0 Å². The largest absolute Gasteiger partial charge is 0.446 e. The van der Waals surface area contributed by atoms with Crippen molar-refractivity contribution in [3.63, 3.8) is 0 Å². The number of nitrogens with one attached hydrogen (secondary N) is 2. The molecule has 0 unspecified atom stereocenters. The van der Waals surface area contributed by atoms with Crippen LogP contribution in [-0.4, -0.2) is 46.4 Å². The molecule has 0 radical (unpaired) electrons. The molecule has 15 heteroatoms. The van der Waals surface area contributed by atoms with Gasteiger partial charge in [-0.2, -0.15) is 0 Å². The van der Waals surface area contributed by atoms with Crippen LogP contribution in [0.2, 0.25) is 5.02 Å². The molecule has 2 aromatic rings. The fourth-order valence-corrected chi connectivity index (χ4v) is 6.33. The van der Waals surface area contributed by atoms with Crippen molar-refractivity contribution in [1.29, 1.82) is 0 Å². The van der Waals surface area contributed by atoms with Gasteiger partial charge in [0, 0.05) is 23.4 Å². The molecule has 9 nitrogen and oxygen atoms in total. The van der Waals surface area contributed by atoms with Crippen LogP contribution in [0, 0.1) is 17.5 Å². The molecule has 1 saturated carbocycles. The monoisotopic (exact) mass is 568 g/mol. The van der Waals surface area contributed by atoms with Crippen LogP contribution in [0.4, 0.5) is 23.7 Å². The van der Waals surface area contributed by atoms with Gasteiger partial charge in [0.1, 0.15) is 6.10 Å². The van der Waals surface area contributed by atoms with Gasteiger partial charge >= 0.3 is 6.09 Å². The number of sulfonamides is 1. The number of amides is 2. The van der Waals surface area contributed by atoms with Gasteiger partial charge in [-0.1, -0.05) is 11.6 Å². The number of anilines is 1. The highest BCUT2D eigenvalue weighted by atomic mass is 35.5.